The van der Waals surface area contributed by atoms with Crippen LogP contribution in [0, 0.1) is 0 Å². The standard InChI is InChI=1S/C22H21F3N6O3/c23-22(24,25)34-17-6-4-15(5-7-17)28-19-13-16(14-27-20(32)18-3-1-2-8-26-18)29-21(30-19)31-9-11-33-12-10-31/h1-8,13H,9-12,14H2,(H,27,32)(H,28,29,30). The molecular formula is C22H21F3N6O3. The fourth-order valence-electron chi connectivity index (χ4n) is 3.19. The van der Waals surface area contributed by atoms with Crippen molar-refractivity contribution in [1.82, 2.24) is 20.3 Å². The lowest BCUT2D eigenvalue weighted by molar-refractivity contribution is -0.274. The van der Waals surface area contributed by atoms with Crippen LogP contribution in [0.4, 0.5) is 30.6 Å². The molecule has 1 aliphatic rings. The molecule has 34 heavy (non-hydrogen) atoms. The maximum absolute atomic E-state index is 12.4. The molecule has 0 atom stereocenters. The summed E-state index contributed by atoms with van der Waals surface area (Å²) in [7, 11) is 0. The third-order valence-electron chi connectivity index (χ3n) is 4.75. The summed E-state index contributed by atoms with van der Waals surface area (Å²) in [5.41, 5.74) is 1.33. The Balaban J connectivity index is 1.51. The highest BCUT2D eigenvalue weighted by Gasteiger charge is 2.31. The number of alkyl halides is 3. The summed E-state index contributed by atoms with van der Waals surface area (Å²) in [4.78, 5) is 27.4. The van der Waals surface area contributed by atoms with E-state index in [2.05, 4.69) is 30.3 Å². The van der Waals surface area contributed by atoms with Gasteiger partial charge in [-0.25, -0.2) is 4.98 Å². The Labute approximate surface area is 192 Å². The summed E-state index contributed by atoms with van der Waals surface area (Å²) in [5, 5.41) is 5.84. The largest absolute Gasteiger partial charge is 0.573 e. The summed E-state index contributed by atoms with van der Waals surface area (Å²) >= 11 is 0. The van der Waals surface area contributed by atoms with E-state index in [-0.39, 0.29) is 23.9 Å². The number of amides is 1. The Morgan fingerprint density at radius 3 is 2.53 bits per heavy atom. The van der Waals surface area contributed by atoms with Gasteiger partial charge in [0.1, 0.15) is 17.3 Å². The number of ether oxygens (including phenoxy) is 2. The van der Waals surface area contributed by atoms with Gasteiger partial charge in [0.05, 0.1) is 25.5 Å². The number of aromatic nitrogens is 3. The van der Waals surface area contributed by atoms with Gasteiger partial charge in [0, 0.05) is 31.0 Å². The first kappa shape index (κ1) is 23.2. The average Bonchev–Trinajstić information content (AvgIpc) is 2.84. The first-order valence-corrected chi connectivity index (χ1v) is 10.4. The molecule has 9 nitrogen and oxygen atoms in total. The molecule has 0 bridgehead atoms. The number of hydrogen-bond donors (Lipinski definition) is 2. The average molecular weight is 474 g/mol. The molecule has 0 unspecified atom stereocenters. The number of hydrogen-bond acceptors (Lipinski definition) is 8. The number of carbonyl (C=O) groups is 1. The zero-order valence-corrected chi connectivity index (χ0v) is 17.9. The highest BCUT2D eigenvalue weighted by molar-refractivity contribution is 5.92. The monoisotopic (exact) mass is 474 g/mol. The fourth-order valence-corrected chi connectivity index (χ4v) is 3.19. The van der Waals surface area contributed by atoms with Crippen molar-refractivity contribution < 1.29 is 27.4 Å². The lowest BCUT2D eigenvalue weighted by atomic mass is 10.3. The summed E-state index contributed by atoms with van der Waals surface area (Å²) < 4.78 is 46.5. The number of halogens is 3. The topological polar surface area (TPSA) is 102 Å². The predicted molar refractivity (Wildman–Crippen MR) is 117 cm³/mol. The van der Waals surface area contributed by atoms with Crippen LogP contribution in [0.1, 0.15) is 16.2 Å². The molecule has 2 aromatic heterocycles. The van der Waals surface area contributed by atoms with Crippen molar-refractivity contribution in [3.8, 4) is 5.75 Å². The van der Waals surface area contributed by atoms with Gasteiger partial charge >= 0.3 is 6.36 Å². The molecule has 1 saturated heterocycles. The number of nitrogens with one attached hydrogen (secondary N) is 2. The summed E-state index contributed by atoms with van der Waals surface area (Å²) in [6.07, 6.45) is -3.23. The Bertz CT molecular complexity index is 1110. The molecule has 0 radical (unpaired) electrons. The van der Waals surface area contributed by atoms with Crippen LogP contribution in [0.5, 0.6) is 5.75 Å². The van der Waals surface area contributed by atoms with Crippen molar-refractivity contribution in [1.29, 1.82) is 0 Å². The number of benzene rings is 1. The van der Waals surface area contributed by atoms with E-state index in [9.17, 15) is 18.0 Å². The Hall–Kier alpha value is -3.93. The third kappa shape index (κ3) is 6.54. The van der Waals surface area contributed by atoms with Gasteiger partial charge in [-0.2, -0.15) is 4.98 Å². The minimum atomic E-state index is -4.76. The van der Waals surface area contributed by atoms with Gasteiger partial charge in [0.15, 0.2) is 0 Å². The maximum Gasteiger partial charge on any atom is 0.573 e. The van der Waals surface area contributed by atoms with Crippen molar-refractivity contribution in [2.24, 2.45) is 0 Å². The number of carbonyl (C=O) groups excluding carboxylic acids is 1. The number of rotatable bonds is 7. The van der Waals surface area contributed by atoms with Gasteiger partial charge in [-0.1, -0.05) is 6.07 Å². The van der Waals surface area contributed by atoms with Crippen molar-refractivity contribution in [3.05, 3.63) is 66.1 Å². The molecule has 2 N–H and O–H groups in total. The second kappa shape index (κ2) is 10.3. The highest BCUT2D eigenvalue weighted by Crippen LogP contribution is 2.25. The van der Waals surface area contributed by atoms with Crippen molar-refractivity contribution in [2.45, 2.75) is 12.9 Å². The molecule has 3 aromatic rings. The van der Waals surface area contributed by atoms with Crippen LogP contribution in [0.15, 0.2) is 54.7 Å². The normalized spacial score (nSPS) is 13.9. The molecule has 4 rings (SSSR count). The second-order valence-electron chi connectivity index (χ2n) is 7.24. The van der Waals surface area contributed by atoms with E-state index in [1.165, 1.54) is 30.5 Å². The minimum absolute atomic E-state index is 0.127. The van der Waals surface area contributed by atoms with E-state index in [0.29, 0.717) is 49.5 Å². The molecule has 3 heterocycles. The fraction of sp³-hybridized carbons (Fsp3) is 0.273. The summed E-state index contributed by atoms with van der Waals surface area (Å²) in [6.45, 7) is 2.41. The molecule has 1 fully saturated rings. The molecule has 1 aliphatic heterocycles. The third-order valence-corrected chi connectivity index (χ3v) is 4.75. The summed E-state index contributed by atoms with van der Waals surface area (Å²) in [6, 6.07) is 12.0. The zero-order valence-electron chi connectivity index (χ0n) is 17.9. The first-order valence-electron chi connectivity index (χ1n) is 10.4. The minimum Gasteiger partial charge on any atom is -0.406 e. The van der Waals surface area contributed by atoms with E-state index in [0.717, 1.165) is 0 Å². The van der Waals surface area contributed by atoms with Gasteiger partial charge in [-0.15, -0.1) is 13.2 Å². The lowest BCUT2D eigenvalue weighted by Gasteiger charge is -2.27. The molecule has 0 spiro atoms. The van der Waals surface area contributed by atoms with Crippen LogP contribution < -0.4 is 20.3 Å². The van der Waals surface area contributed by atoms with Crippen molar-refractivity contribution in [2.75, 3.05) is 36.5 Å². The summed E-state index contributed by atoms with van der Waals surface area (Å²) in [5.74, 6) is 0.199. The van der Waals surface area contributed by atoms with Crippen LogP contribution in [-0.2, 0) is 11.3 Å². The second-order valence-corrected chi connectivity index (χ2v) is 7.24. The van der Waals surface area contributed by atoms with Crippen LogP contribution in [-0.4, -0.2) is 53.5 Å². The molecule has 178 valence electrons. The maximum atomic E-state index is 12.4. The molecule has 1 aromatic carbocycles. The van der Waals surface area contributed by atoms with E-state index < -0.39 is 6.36 Å². The number of pyridine rings is 1. The van der Waals surface area contributed by atoms with E-state index >= 15 is 0 Å². The van der Waals surface area contributed by atoms with Gasteiger partial charge < -0.3 is 25.0 Å². The molecule has 0 aliphatic carbocycles. The number of morpholine rings is 1. The van der Waals surface area contributed by atoms with Crippen LogP contribution >= 0.6 is 0 Å². The van der Waals surface area contributed by atoms with Gasteiger partial charge in [-0.05, 0) is 36.4 Å². The number of nitrogens with zero attached hydrogens (tertiary/aromatic N) is 4. The Kier molecular flexibility index (Phi) is 7.07. The predicted octanol–water partition coefficient (Wildman–Crippen LogP) is 3.28. The van der Waals surface area contributed by atoms with Gasteiger partial charge in [0.25, 0.3) is 5.91 Å². The molecule has 12 heteroatoms. The van der Waals surface area contributed by atoms with Crippen molar-refractivity contribution in [3.63, 3.8) is 0 Å². The van der Waals surface area contributed by atoms with Crippen molar-refractivity contribution >= 4 is 23.4 Å². The molecule has 0 saturated carbocycles. The zero-order chi connectivity index (χ0) is 24.0. The van der Waals surface area contributed by atoms with Crippen LogP contribution in [0.2, 0.25) is 0 Å². The van der Waals surface area contributed by atoms with Gasteiger partial charge in [-0.3, -0.25) is 9.78 Å². The first-order chi connectivity index (χ1) is 16.4. The smallest absolute Gasteiger partial charge is 0.406 e. The van der Waals surface area contributed by atoms with E-state index in [1.54, 1.807) is 24.3 Å². The van der Waals surface area contributed by atoms with E-state index in [4.69, 9.17) is 4.74 Å². The molecular weight excluding hydrogens is 453 g/mol. The van der Waals surface area contributed by atoms with Crippen LogP contribution in [0.3, 0.4) is 0 Å². The quantitative estimate of drug-likeness (QED) is 0.538. The Morgan fingerprint density at radius 1 is 1.09 bits per heavy atom. The SMILES string of the molecule is O=C(NCc1cc(Nc2ccc(OC(F)(F)F)cc2)nc(N2CCOCC2)n1)c1ccccn1. The highest BCUT2D eigenvalue weighted by atomic mass is 19.4. The molecule has 1 amide bonds. The number of anilines is 3. The lowest BCUT2D eigenvalue weighted by Crippen LogP contribution is -2.37. The Morgan fingerprint density at radius 2 is 1.85 bits per heavy atom. The van der Waals surface area contributed by atoms with E-state index in [1.807, 2.05) is 4.90 Å². The van der Waals surface area contributed by atoms with Crippen LogP contribution in [0.25, 0.3) is 0 Å². The van der Waals surface area contributed by atoms with Gasteiger partial charge in [0.2, 0.25) is 5.95 Å².